The number of hydrogen-bond acceptors (Lipinski definition) is 8. The van der Waals surface area contributed by atoms with E-state index in [2.05, 4.69) is 31.9 Å². The van der Waals surface area contributed by atoms with Crippen molar-refractivity contribution in [1.82, 2.24) is 16.0 Å². The molecule has 0 aliphatic heterocycles. The van der Waals surface area contributed by atoms with Crippen LogP contribution in [-0.2, 0) is 25.5 Å². The monoisotopic (exact) mass is 714 g/mol. The molecule has 1 aliphatic rings. The number of primary amides is 1. The minimum Gasteiger partial charge on any atom is -0.497 e. The smallest absolute Gasteiger partial charge is 0.407 e. The summed E-state index contributed by atoms with van der Waals surface area (Å²) in [5.74, 6) is -0.139. The second-order valence-corrected chi connectivity index (χ2v) is 11.0. The van der Waals surface area contributed by atoms with Crippen LogP contribution < -0.4 is 31.2 Å². The number of carbonyl (C=O) groups is 4. The molecule has 0 saturated carbocycles. The van der Waals surface area contributed by atoms with Gasteiger partial charge in [-0.3, -0.25) is 9.59 Å². The number of hydrogen-bond donors (Lipinski definition) is 4. The van der Waals surface area contributed by atoms with Gasteiger partial charge < -0.3 is 40.6 Å². The molecule has 0 spiro atoms. The van der Waals surface area contributed by atoms with Crippen molar-refractivity contribution in [2.45, 2.75) is 37.2 Å². The van der Waals surface area contributed by atoms with Crippen molar-refractivity contribution in [3.63, 3.8) is 0 Å². The molecule has 2 aromatic rings. The Labute approximate surface area is 273 Å². The molecule has 0 saturated heterocycles. The molecular weight excluding hydrogens is 683 g/mol. The first kappa shape index (κ1) is 34.8. The molecule has 4 atom stereocenters. The highest BCUT2D eigenvalue weighted by Crippen LogP contribution is 2.32. The van der Waals surface area contributed by atoms with Crippen LogP contribution in [0, 0.1) is 0 Å². The summed E-state index contributed by atoms with van der Waals surface area (Å²) in [4.78, 5) is 51.1. The third kappa shape index (κ3) is 10.5. The first-order valence-electron chi connectivity index (χ1n) is 13.5. The predicted molar refractivity (Wildman–Crippen MR) is 167 cm³/mol. The van der Waals surface area contributed by atoms with Gasteiger partial charge in [0.05, 0.1) is 11.6 Å². The zero-order chi connectivity index (χ0) is 32.1. The summed E-state index contributed by atoms with van der Waals surface area (Å²) >= 11 is 14.8. The number of nitrogens with two attached hydrogens (primary N) is 1. The van der Waals surface area contributed by atoms with Crippen molar-refractivity contribution < 1.29 is 38.1 Å². The lowest BCUT2D eigenvalue weighted by Gasteiger charge is -2.36. The van der Waals surface area contributed by atoms with E-state index >= 15 is 0 Å². The summed E-state index contributed by atoms with van der Waals surface area (Å²) in [6.45, 7) is 0.233. The minimum atomic E-state index is -1.19. The topological polar surface area (TPSA) is 167 Å². The van der Waals surface area contributed by atoms with Crippen LogP contribution in [0.3, 0.4) is 0 Å². The minimum absolute atomic E-state index is 0.110. The molecule has 0 unspecified atom stereocenters. The van der Waals surface area contributed by atoms with Gasteiger partial charge >= 0.3 is 12.2 Å². The number of amides is 4. The van der Waals surface area contributed by atoms with E-state index in [9.17, 15) is 19.2 Å². The van der Waals surface area contributed by atoms with Crippen LogP contribution in [-0.4, -0.2) is 80.3 Å². The molecule has 2 aromatic carbocycles. The SMILES string of the molecule is COc1ccc(C[C@H](NC(=O)C2=C[C@@H](Oc3ccccc3Br)[C@H](OC(=O)NCCCl)[C@H](OC(=O)NCCCl)C2)C(N)=O)cc1. The zero-order valence-corrected chi connectivity index (χ0v) is 26.8. The van der Waals surface area contributed by atoms with Crippen molar-refractivity contribution in [2.75, 3.05) is 32.0 Å². The van der Waals surface area contributed by atoms with Crippen LogP contribution in [0.25, 0.3) is 0 Å². The van der Waals surface area contributed by atoms with Gasteiger partial charge in [0.1, 0.15) is 23.6 Å². The Bertz CT molecular complexity index is 1330. The standard InChI is InChI=1S/C29H33BrCl2N4O8/c1-41-19-8-6-17(7-9-19)14-21(26(33)37)36-27(38)18-15-23(42-22-5-3-2-4-20(22)30)25(44-29(40)35-13-11-32)24(16-18)43-28(39)34-12-10-31/h2-9,15,21,23-25H,10-14,16H2,1H3,(H2,33,37)(H,34,39)(H,35,40)(H,36,38)/t21-,23+,24+,25-/m0/s1. The average molecular weight is 716 g/mol. The molecule has 5 N–H and O–H groups in total. The van der Waals surface area contributed by atoms with Gasteiger partial charge in [-0.05, 0) is 51.8 Å². The van der Waals surface area contributed by atoms with E-state index in [0.29, 0.717) is 16.0 Å². The molecule has 1 aliphatic carbocycles. The van der Waals surface area contributed by atoms with Crippen LogP contribution in [0.1, 0.15) is 12.0 Å². The number of alkyl halides is 2. The highest BCUT2D eigenvalue weighted by atomic mass is 79.9. The van der Waals surface area contributed by atoms with Gasteiger partial charge in [-0.15, -0.1) is 23.2 Å². The van der Waals surface area contributed by atoms with Crippen molar-refractivity contribution in [1.29, 1.82) is 0 Å². The number of nitrogens with one attached hydrogen (secondary N) is 3. The molecule has 15 heteroatoms. The van der Waals surface area contributed by atoms with Crippen LogP contribution in [0.5, 0.6) is 11.5 Å². The molecule has 12 nitrogen and oxygen atoms in total. The summed E-state index contributed by atoms with van der Waals surface area (Å²) in [7, 11) is 1.53. The van der Waals surface area contributed by atoms with Crippen LogP contribution >= 0.6 is 39.1 Å². The van der Waals surface area contributed by atoms with Gasteiger partial charge in [0, 0.05) is 43.3 Å². The Morgan fingerprint density at radius 2 is 1.61 bits per heavy atom. The van der Waals surface area contributed by atoms with Crippen LogP contribution in [0.15, 0.2) is 64.7 Å². The highest BCUT2D eigenvalue weighted by Gasteiger charge is 2.42. The van der Waals surface area contributed by atoms with Gasteiger partial charge in [0.25, 0.3) is 0 Å². The van der Waals surface area contributed by atoms with E-state index in [4.69, 9.17) is 47.9 Å². The maximum atomic E-state index is 13.6. The van der Waals surface area contributed by atoms with Crippen molar-refractivity contribution in [3.8, 4) is 11.5 Å². The number of rotatable bonds is 14. The Morgan fingerprint density at radius 3 is 2.20 bits per heavy atom. The number of halogens is 3. The van der Waals surface area contributed by atoms with Gasteiger partial charge in [-0.25, -0.2) is 9.59 Å². The van der Waals surface area contributed by atoms with Crippen molar-refractivity contribution in [2.24, 2.45) is 5.73 Å². The summed E-state index contributed by atoms with van der Waals surface area (Å²) in [5, 5.41) is 7.64. The van der Waals surface area contributed by atoms with E-state index in [1.165, 1.54) is 13.2 Å². The average Bonchev–Trinajstić information content (AvgIpc) is 3.01. The van der Waals surface area contributed by atoms with Crippen LogP contribution in [0.2, 0.25) is 0 Å². The van der Waals surface area contributed by atoms with Gasteiger partial charge in [0.15, 0.2) is 12.2 Å². The zero-order valence-electron chi connectivity index (χ0n) is 23.7. The summed E-state index contributed by atoms with van der Waals surface area (Å²) in [6, 6.07) is 12.8. The van der Waals surface area contributed by atoms with Crippen molar-refractivity contribution in [3.05, 3.63) is 70.2 Å². The maximum absolute atomic E-state index is 13.6. The number of ether oxygens (including phenoxy) is 4. The van der Waals surface area contributed by atoms with E-state index in [1.807, 2.05) is 0 Å². The number of alkyl carbamates (subject to hydrolysis) is 2. The second kappa shape index (κ2) is 17.6. The third-order valence-electron chi connectivity index (χ3n) is 6.34. The van der Waals surface area contributed by atoms with Gasteiger partial charge in [0.2, 0.25) is 11.8 Å². The lowest BCUT2D eigenvalue weighted by atomic mass is 9.90. The molecule has 44 heavy (non-hydrogen) atoms. The molecule has 3 rings (SSSR count). The number of methoxy groups -OCH3 is 1. The van der Waals surface area contributed by atoms with Gasteiger partial charge in [-0.2, -0.15) is 0 Å². The summed E-state index contributed by atoms with van der Waals surface area (Å²) < 4.78 is 23.2. The summed E-state index contributed by atoms with van der Waals surface area (Å²) in [5.41, 5.74) is 6.47. The lowest BCUT2D eigenvalue weighted by molar-refractivity contribution is -0.126. The van der Waals surface area contributed by atoms with E-state index in [0.717, 1.165) is 5.56 Å². The largest absolute Gasteiger partial charge is 0.497 e. The van der Waals surface area contributed by atoms with Crippen LogP contribution in [0.4, 0.5) is 9.59 Å². The molecule has 0 fully saturated rings. The number of carbonyl (C=O) groups excluding carboxylic acids is 4. The molecule has 4 amide bonds. The molecule has 0 aromatic heterocycles. The number of para-hydroxylation sites is 1. The Morgan fingerprint density at radius 1 is 0.977 bits per heavy atom. The third-order valence-corrected chi connectivity index (χ3v) is 7.38. The Kier molecular flexibility index (Phi) is 13.9. The van der Waals surface area contributed by atoms with E-state index in [-0.39, 0.29) is 43.3 Å². The Balaban J connectivity index is 1.93. The number of benzene rings is 2. The van der Waals surface area contributed by atoms with E-state index < -0.39 is 48.4 Å². The maximum Gasteiger partial charge on any atom is 0.407 e. The molecule has 0 radical (unpaired) electrons. The summed E-state index contributed by atoms with van der Waals surface area (Å²) in [6.07, 6.45) is -3.77. The molecule has 0 bridgehead atoms. The Hall–Kier alpha value is -3.68. The fourth-order valence-corrected chi connectivity index (χ4v) is 4.79. The molecular formula is C29H33BrCl2N4O8. The first-order chi connectivity index (χ1) is 21.1. The lowest BCUT2D eigenvalue weighted by Crippen LogP contribution is -2.52. The molecule has 0 heterocycles. The first-order valence-corrected chi connectivity index (χ1v) is 15.4. The fraction of sp³-hybridized carbons (Fsp3) is 0.379. The fourth-order valence-electron chi connectivity index (χ4n) is 4.23. The van der Waals surface area contributed by atoms with Crippen molar-refractivity contribution >= 4 is 63.1 Å². The van der Waals surface area contributed by atoms with Gasteiger partial charge in [-0.1, -0.05) is 24.3 Å². The second-order valence-electron chi connectivity index (χ2n) is 9.43. The normalized spacial score (nSPS) is 18.2. The highest BCUT2D eigenvalue weighted by molar-refractivity contribution is 9.10. The van der Waals surface area contributed by atoms with E-state index in [1.54, 1.807) is 48.5 Å². The predicted octanol–water partition coefficient (Wildman–Crippen LogP) is 3.42. The quantitative estimate of drug-likeness (QED) is 0.216. The molecule has 238 valence electrons.